The van der Waals surface area contributed by atoms with E-state index in [4.69, 9.17) is 0 Å². The van der Waals surface area contributed by atoms with Crippen molar-refractivity contribution in [1.82, 2.24) is 0 Å². The molecular formula is C3H11P3. The van der Waals surface area contributed by atoms with Crippen LogP contribution in [0.15, 0.2) is 0 Å². The fourth-order valence-electron chi connectivity index (χ4n) is 0.197. The maximum atomic E-state index is 2.77. The molecule has 0 amide bonds. The van der Waals surface area contributed by atoms with Gasteiger partial charge in [-0.3, -0.25) is 0 Å². The van der Waals surface area contributed by atoms with Crippen LogP contribution in [-0.4, -0.2) is 6.16 Å². The third-order valence-electron chi connectivity index (χ3n) is 0.477. The van der Waals surface area contributed by atoms with Crippen LogP contribution in [0.1, 0.15) is 13.3 Å². The Bertz CT molecular complexity index is 18.0. The summed E-state index contributed by atoms with van der Waals surface area (Å²) in [6.45, 7) is 2.23. The van der Waals surface area contributed by atoms with E-state index in [2.05, 4.69) is 15.9 Å². The summed E-state index contributed by atoms with van der Waals surface area (Å²) >= 11 is 0. The molecule has 0 rings (SSSR count). The van der Waals surface area contributed by atoms with E-state index < -0.39 is 0 Å². The molecule has 3 heteroatoms. The van der Waals surface area contributed by atoms with Crippen molar-refractivity contribution in [3.63, 3.8) is 0 Å². The Hall–Kier alpha value is 1.29. The Morgan fingerprint density at radius 3 is 2.50 bits per heavy atom. The van der Waals surface area contributed by atoms with Crippen molar-refractivity contribution in [2.45, 2.75) is 13.3 Å². The average molecular weight is 140 g/mol. The summed E-state index contributed by atoms with van der Waals surface area (Å²) in [5.41, 5.74) is 0. The molecule has 0 aromatic rings. The molecular weight excluding hydrogens is 129 g/mol. The third-order valence-corrected chi connectivity index (χ3v) is 4.63. The molecule has 0 saturated heterocycles. The highest BCUT2D eigenvalue weighted by molar-refractivity contribution is 8.38. The first-order chi connectivity index (χ1) is 2.91. The van der Waals surface area contributed by atoms with Crippen LogP contribution in [0.3, 0.4) is 0 Å². The highest BCUT2D eigenvalue weighted by Crippen LogP contribution is 2.43. The zero-order chi connectivity index (χ0) is 4.83. The van der Waals surface area contributed by atoms with Crippen molar-refractivity contribution in [2.24, 2.45) is 0 Å². The highest BCUT2D eigenvalue weighted by Gasteiger charge is 1.74. The molecule has 0 aromatic carbocycles. The SMILES string of the molecule is CCCPPP. The molecule has 3 unspecified atom stereocenters. The van der Waals surface area contributed by atoms with Gasteiger partial charge in [0, 0.05) is 0 Å². The van der Waals surface area contributed by atoms with E-state index >= 15 is 0 Å². The molecule has 0 radical (unpaired) electrons. The molecule has 0 heterocycles. The lowest BCUT2D eigenvalue weighted by Crippen LogP contribution is -1.58. The van der Waals surface area contributed by atoms with E-state index in [0.29, 0.717) is 0 Å². The van der Waals surface area contributed by atoms with Crippen molar-refractivity contribution in [2.75, 3.05) is 6.16 Å². The van der Waals surface area contributed by atoms with Gasteiger partial charge in [0.15, 0.2) is 0 Å². The van der Waals surface area contributed by atoms with Gasteiger partial charge >= 0.3 is 0 Å². The van der Waals surface area contributed by atoms with Crippen molar-refractivity contribution in [1.29, 1.82) is 0 Å². The fourth-order valence-corrected chi connectivity index (χ4v) is 3.07. The topological polar surface area (TPSA) is 0 Å². The molecule has 0 N–H and O–H groups in total. The van der Waals surface area contributed by atoms with Gasteiger partial charge in [0.2, 0.25) is 0 Å². The van der Waals surface area contributed by atoms with E-state index in [1.807, 2.05) is 0 Å². The van der Waals surface area contributed by atoms with E-state index in [-0.39, 0.29) is 0 Å². The Labute approximate surface area is 45.4 Å². The van der Waals surface area contributed by atoms with E-state index in [0.717, 1.165) is 7.96 Å². The second-order valence-corrected chi connectivity index (χ2v) is 6.74. The van der Waals surface area contributed by atoms with Crippen LogP contribution in [0.4, 0.5) is 0 Å². The van der Waals surface area contributed by atoms with Gasteiger partial charge in [0.05, 0.1) is 0 Å². The van der Waals surface area contributed by atoms with Gasteiger partial charge in [-0.1, -0.05) is 29.6 Å². The van der Waals surface area contributed by atoms with Gasteiger partial charge in [-0.05, 0) is 6.16 Å². The molecule has 0 saturated carbocycles. The summed E-state index contributed by atoms with van der Waals surface area (Å²) in [6.07, 6.45) is 2.79. The standard InChI is InChI=1S/C3H11P3/c1-2-3-5-6-4/h5-6H,2-4H2,1H3. The Morgan fingerprint density at radius 1 is 1.67 bits per heavy atom. The first-order valence-corrected chi connectivity index (χ1v) is 7.12. The quantitative estimate of drug-likeness (QED) is 0.417. The monoisotopic (exact) mass is 140 g/mol. The largest absolute Gasteiger partial charge is 0.110 e. The molecule has 0 fully saturated rings. The molecule has 6 heavy (non-hydrogen) atoms. The molecule has 0 aliphatic heterocycles. The summed E-state index contributed by atoms with van der Waals surface area (Å²) in [5.74, 6) is 0. The summed E-state index contributed by atoms with van der Waals surface area (Å²) in [5, 5.41) is 0. The first kappa shape index (κ1) is 7.29. The summed E-state index contributed by atoms with van der Waals surface area (Å²) in [6, 6.07) is 0. The minimum atomic E-state index is 1.11. The van der Waals surface area contributed by atoms with Crippen LogP contribution in [-0.2, 0) is 0 Å². The summed E-state index contributed by atoms with van der Waals surface area (Å²) < 4.78 is 0. The molecule has 0 aliphatic carbocycles. The van der Waals surface area contributed by atoms with Crippen LogP contribution in [0.5, 0.6) is 0 Å². The van der Waals surface area contributed by atoms with Crippen LogP contribution < -0.4 is 0 Å². The zero-order valence-corrected chi connectivity index (χ0v) is 7.15. The number of hydrogen-bond acceptors (Lipinski definition) is 0. The number of hydrogen-bond donors (Lipinski definition) is 0. The predicted octanol–water partition coefficient (Wildman–Crippen LogP) is 2.46. The van der Waals surface area contributed by atoms with Crippen LogP contribution >= 0.6 is 25.2 Å². The van der Waals surface area contributed by atoms with Gasteiger partial charge < -0.3 is 0 Å². The minimum absolute atomic E-state index is 1.11. The average Bonchev–Trinajstić information content (AvgIpc) is 1.61. The van der Waals surface area contributed by atoms with Gasteiger partial charge in [-0.2, -0.15) is 0 Å². The zero-order valence-electron chi connectivity index (χ0n) is 3.99. The molecule has 0 spiro atoms. The molecule has 0 aromatic heterocycles. The van der Waals surface area contributed by atoms with Crippen LogP contribution in [0.25, 0.3) is 0 Å². The lowest BCUT2D eigenvalue weighted by molar-refractivity contribution is 1.11. The minimum Gasteiger partial charge on any atom is -0.110 e. The molecule has 0 bridgehead atoms. The first-order valence-electron chi connectivity index (χ1n) is 2.10. The molecule has 3 atom stereocenters. The summed E-state index contributed by atoms with van der Waals surface area (Å²) in [7, 11) is 5.08. The van der Waals surface area contributed by atoms with Crippen molar-refractivity contribution >= 4 is 25.2 Å². The van der Waals surface area contributed by atoms with Crippen molar-refractivity contribution in [3.8, 4) is 0 Å². The van der Waals surface area contributed by atoms with E-state index in [1.54, 1.807) is 0 Å². The van der Waals surface area contributed by atoms with Gasteiger partial charge in [0.25, 0.3) is 0 Å². The second-order valence-electron chi connectivity index (χ2n) is 1.07. The molecule has 0 nitrogen and oxygen atoms in total. The lowest BCUT2D eigenvalue weighted by atomic mass is 10.6. The van der Waals surface area contributed by atoms with Gasteiger partial charge in [-0.25, -0.2) is 0 Å². The second kappa shape index (κ2) is 6.29. The lowest BCUT2D eigenvalue weighted by Gasteiger charge is -1.87. The maximum absolute atomic E-state index is 2.77. The fraction of sp³-hybridized carbons (Fsp3) is 1.00. The van der Waals surface area contributed by atoms with Crippen LogP contribution in [0, 0.1) is 0 Å². The van der Waals surface area contributed by atoms with Crippen LogP contribution in [0.2, 0.25) is 0 Å². The highest BCUT2D eigenvalue weighted by atomic mass is 32.4. The normalized spacial score (nSPS) is 13.0. The smallest absolute Gasteiger partial charge is 0.0317 e. The summed E-state index contributed by atoms with van der Waals surface area (Å²) in [4.78, 5) is 0. The predicted molar refractivity (Wildman–Crippen MR) is 41.5 cm³/mol. The van der Waals surface area contributed by atoms with E-state index in [9.17, 15) is 0 Å². The Kier molecular flexibility index (Phi) is 7.64. The molecule has 0 aliphatic rings. The van der Waals surface area contributed by atoms with Crippen molar-refractivity contribution in [3.05, 3.63) is 0 Å². The van der Waals surface area contributed by atoms with E-state index in [1.165, 1.54) is 20.9 Å². The van der Waals surface area contributed by atoms with Crippen molar-refractivity contribution < 1.29 is 0 Å². The third kappa shape index (κ3) is 5.29. The maximum Gasteiger partial charge on any atom is -0.0317 e. The Morgan fingerprint density at radius 2 is 2.33 bits per heavy atom. The Balaban J connectivity index is 2.34. The van der Waals surface area contributed by atoms with Gasteiger partial charge in [0.1, 0.15) is 0 Å². The molecule has 38 valence electrons. The number of rotatable bonds is 3. The van der Waals surface area contributed by atoms with Gasteiger partial charge in [-0.15, -0.1) is 8.93 Å².